The van der Waals surface area contributed by atoms with E-state index < -0.39 is 24.1 Å². The van der Waals surface area contributed by atoms with E-state index in [1.54, 1.807) is 40.9 Å². The van der Waals surface area contributed by atoms with E-state index in [9.17, 15) is 19.5 Å². The maximum absolute atomic E-state index is 12.5. The summed E-state index contributed by atoms with van der Waals surface area (Å²) in [6, 6.07) is 14.6. The number of thioether (sulfide) groups is 1. The second-order valence-corrected chi connectivity index (χ2v) is 9.94. The van der Waals surface area contributed by atoms with E-state index in [-0.39, 0.29) is 11.8 Å². The lowest BCUT2D eigenvalue weighted by Gasteiger charge is -2.19. The van der Waals surface area contributed by atoms with E-state index in [2.05, 4.69) is 10.6 Å². The molecule has 3 atom stereocenters. The molecule has 3 rings (SSSR count). The molecule has 2 aromatic rings. The Morgan fingerprint density at radius 3 is 2.56 bits per heavy atom. The predicted molar refractivity (Wildman–Crippen MR) is 142 cm³/mol. The number of benzene rings is 2. The minimum atomic E-state index is -1.40. The molecular formula is C26H35N5O4S. The van der Waals surface area contributed by atoms with Crippen molar-refractivity contribution in [3.8, 4) is 0 Å². The second kappa shape index (κ2) is 14.0. The van der Waals surface area contributed by atoms with Crippen LogP contribution in [-0.4, -0.2) is 70.6 Å². The number of unbranched alkanes of at least 4 members (excludes halogenated alkanes) is 1. The van der Waals surface area contributed by atoms with Crippen molar-refractivity contribution in [2.75, 3.05) is 30.0 Å². The fourth-order valence-corrected chi connectivity index (χ4v) is 4.84. The van der Waals surface area contributed by atoms with Gasteiger partial charge in [-0.25, -0.2) is 0 Å². The van der Waals surface area contributed by atoms with Crippen LogP contribution in [0.25, 0.3) is 0 Å². The average Bonchev–Trinajstić information content (AvgIpc) is 3.43. The normalized spacial score (nSPS) is 15.7. The molecule has 7 N–H and O–H groups in total. The van der Waals surface area contributed by atoms with Gasteiger partial charge in [-0.2, -0.15) is 0 Å². The van der Waals surface area contributed by atoms with Gasteiger partial charge in [-0.3, -0.25) is 14.4 Å². The third-order valence-electron chi connectivity index (χ3n) is 5.99. The van der Waals surface area contributed by atoms with Gasteiger partial charge in [-0.1, -0.05) is 36.4 Å². The van der Waals surface area contributed by atoms with Crippen LogP contribution < -0.4 is 22.1 Å². The summed E-state index contributed by atoms with van der Waals surface area (Å²) >= 11 is 1.73. The summed E-state index contributed by atoms with van der Waals surface area (Å²) in [5.41, 5.74) is 13.7. The zero-order chi connectivity index (χ0) is 25.9. The average molecular weight is 514 g/mol. The fraction of sp³-hybridized carbons (Fsp3) is 0.423. The Kier molecular flexibility index (Phi) is 10.7. The van der Waals surface area contributed by atoms with E-state index in [0.717, 1.165) is 24.3 Å². The van der Waals surface area contributed by atoms with E-state index in [1.165, 1.54) is 0 Å². The highest BCUT2D eigenvalue weighted by molar-refractivity contribution is 7.99. The Bertz CT molecular complexity index is 1020. The van der Waals surface area contributed by atoms with Gasteiger partial charge in [0.25, 0.3) is 11.8 Å². The van der Waals surface area contributed by atoms with Crippen molar-refractivity contribution in [1.82, 2.24) is 10.2 Å². The molecule has 1 saturated heterocycles. The van der Waals surface area contributed by atoms with Crippen molar-refractivity contribution in [2.45, 2.75) is 43.9 Å². The first-order valence-corrected chi connectivity index (χ1v) is 13.3. The van der Waals surface area contributed by atoms with Crippen molar-refractivity contribution >= 4 is 35.2 Å². The third kappa shape index (κ3) is 8.34. The minimum Gasteiger partial charge on any atom is -0.382 e. The summed E-state index contributed by atoms with van der Waals surface area (Å²) in [6.07, 6.45) is 0.958. The van der Waals surface area contributed by atoms with Gasteiger partial charge >= 0.3 is 0 Å². The molecule has 0 bridgehead atoms. The molecule has 3 amide bonds. The number of aliphatic hydroxyl groups is 1. The Balaban J connectivity index is 1.40. The van der Waals surface area contributed by atoms with Crippen molar-refractivity contribution in [2.24, 2.45) is 11.5 Å². The molecule has 1 aliphatic rings. The van der Waals surface area contributed by atoms with Gasteiger partial charge in [-0.15, -0.1) is 11.8 Å². The van der Waals surface area contributed by atoms with Crippen LogP contribution in [0, 0.1) is 0 Å². The van der Waals surface area contributed by atoms with Gasteiger partial charge in [0.15, 0.2) is 0 Å². The number of carbonyl (C=O) groups is 3. The minimum absolute atomic E-state index is 0.00552. The first kappa shape index (κ1) is 27.7. The van der Waals surface area contributed by atoms with Crippen molar-refractivity contribution in [3.63, 3.8) is 0 Å². The van der Waals surface area contributed by atoms with Gasteiger partial charge in [0.05, 0.1) is 11.9 Å². The fourth-order valence-electron chi connectivity index (χ4n) is 3.89. The van der Waals surface area contributed by atoms with Crippen LogP contribution in [0.3, 0.4) is 0 Å². The van der Waals surface area contributed by atoms with E-state index in [1.807, 2.05) is 30.3 Å². The molecule has 2 aromatic carbocycles. The van der Waals surface area contributed by atoms with Crippen LogP contribution in [0.4, 0.5) is 5.69 Å². The number of rotatable bonds is 12. The monoisotopic (exact) mass is 513 g/mol. The van der Waals surface area contributed by atoms with Gasteiger partial charge in [0, 0.05) is 36.1 Å². The lowest BCUT2D eigenvalue weighted by atomic mass is 10.0. The maximum Gasteiger partial charge on any atom is 0.254 e. The number of hydrogen-bond acceptors (Lipinski definition) is 7. The summed E-state index contributed by atoms with van der Waals surface area (Å²) in [4.78, 5) is 39.0. The number of nitrogens with two attached hydrogens (primary N) is 2. The summed E-state index contributed by atoms with van der Waals surface area (Å²) in [5, 5.41) is 15.8. The molecule has 194 valence electrons. The second-order valence-electron chi connectivity index (χ2n) is 8.87. The molecule has 1 fully saturated rings. The number of nitrogens with one attached hydrogen (secondary N) is 2. The number of nitrogens with zero attached hydrogens (tertiary/aromatic N) is 1. The van der Waals surface area contributed by atoms with Crippen LogP contribution in [0.15, 0.2) is 54.6 Å². The summed E-state index contributed by atoms with van der Waals surface area (Å²) in [5.74, 6) is 0.754. The molecule has 0 radical (unpaired) electrons. The number of hydrogen-bond donors (Lipinski definition) is 5. The third-order valence-corrected chi connectivity index (χ3v) is 6.96. The highest BCUT2D eigenvalue weighted by atomic mass is 32.2. The number of amides is 3. The Hall–Kier alpha value is -2.92. The highest BCUT2D eigenvalue weighted by Gasteiger charge is 2.24. The quantitative estimate of drug-likeness (QED) is 0.269. The molecule has 36 heavy (non-hydrogen) atoms. The summed E-state index contributed by atoms with van der Waals surface area (Å²) in [7, 11) is 0. The van der Waals surface area contributed by atoms with E-state index >= 15 is 0 Å². The number of anilines is 1. The molecule has 0 aliphatic carbocycles. The Labute approximate surface area is 216 Å². The molecule has 0 spiro atoms. The van der Waals surface area contributed by atoms with E-state index in [4.69, 9.17) is 11.5 Å². The van der Waals surface area contributed by atoms with Crippen molar-refractivity contribution < 1.29 is 19.5 Å². The molecule has 1 aliphatic heterocycles. The topological polar surface area (TPSA) is 151 Å². The molecular weight excluding hydrogens is 478 g/mol. The standard InChI is InChI=1S/C26H35N5O4S/c27-21(26(35)31-13-14-36-17-31)11-4-5-12-29-24(33)19-9-6-10-20(16-19)30-25(34)23(32)22(28)15-18-7-2-1-3-8-18/h1-3,6-10,16,21-23,32H,4-5,11-15,17,27-28H2,(H,29,33)(H,30,34). The van der Waals surface area contributed by atoms with Crippen LogP contribution >= 0.6 is 11.8 Å². The zero-order valence-electron chi connectivity index (χ0n) is 20.3. The lowest BCUT2D eigenvalue weighted by molar-refractivity contribution is -0.131. The lowest BCUT2D eigenvalue weighted by Crippen LogP contribution is -2.44. The van der Waals surface area contributed by atoms with Crippen LogP contribution in [0.5, 0.6) is 0 Å². The van der Waals surface area contributed by atoms with Crippen molar-refractivity contribution in [3.05, 3.63) is 65.7 Å². The number of carbonyl (C=O) groups excluding carboxylic acids is 3. The van der Waals surface area contributed by atoms with Crippen LogP contribution in [0.2, 0.25) is 0 Å². The van der Waals surface area contributed by atoms with Gasteiger partial charge in [0.1, 0.15) is 6.10 Å². The molecule has 3 unspecified atom stereocenters. The molecule has 0 aromatic heterocycles. The Morgan fingerprint density at radius 1 is 1.06 bits per heavy atom. The molecule has 9 nitrogen and oxygen atoms in total. The largest absolute Gasteiger partial charge is 0.382 e. The molecule has 10 heteroatoms. The van der Waals surface area contributed by atoms with Crippen LogP contribution in [0.1, 0.15) is 35.2 Å². The predicted octanol–water partition coefficient (Wildman–Crippen LogP) is 1.32. The van der Waals surface area contributed by atoms with Gasteiger partial charge < -0.3 is 32.1 Å². The van der Waals surface area contributed by atoms with E-state index in [0.29, 0.717) is 42.9 Å². The first-order chi connectivity index (χ1) is 17.3. The SMILES string of the molecule is NC(CCCCNC(=O)c1cccc(NC(=O)C(O)C(N)Cc2ccccc2)c1)C(=O)N1CCSC1. The highest BCUT2D eigenvalue weighted by Crippen LogP contribution is 2.15. The van der Waals surface area contributed by atoms with Crippen molar-refractivity contribution in [1.29, 1.82) is 0 Å². The Morgan fingerprint density at radius 2 is 1.83 bits per heavy atom. The smallest absolute Gasteiger partial charge is 0.254 e. The maximum atomic E-state index is 12.5. The van der Waals surface area contributed by atoms with Gasteiger partial charge in [-0.05, 0) is 49.4 Å². The molecule has 0 saturated carbocycles. The number of aliphatic hydroxyl groups excluding tert-OH is 1. The van der Waals surface area contributed by atoms with Crippen LogP contribution in [-0.2, 0) is 16.0 Å². The zero-order valence-corrected chi connectivity index (χ0v) is 21.1. The summed E-state index contributed by atoms with van der Waals surface area (Å²) < 4.78 is 0. The molecule has 1 heterocycles. The van der Waals surface area contributed by atoms with Gasteiger partial charge in [0.2, 0.25) is 5.91 Å². The summed E-state index contributed by atoms with van der Waals surface area (Å²) in [6.45, 7) is 1.20. The first-order valence-electron chi connectivity index (χ1n) is 12.1.